The van der Waals surface area contributed by atoms with Gasteiger partial charge in [-0.1, -0.05) is 18.2 Å². The normalized spacial score (nSPS) is 12.4. The average Bonchev–Trinajstić information content (AvgIpc) is 2.42. The fourth-order valence-electron chi connectivity index (χ4n) is 2.11. The Bertz CT molecular complexity index is 356. The minimum Gasteiger partial charge on any atom is -0.385 e. The number of ether oxygens (including phenoxy) is 2. The third-order valence-corrected chi connectivity index (χ3v) is 3.11. The molecule has 0 saturated carbocycles. The Labute approximate surface area is 116 Å². The molecule has 0 aliphatic heterocycles. The highest BCUT2D eigenvalue weighted by Crippen LogP contribution is 2.25. The number of anilines is 1. The number of rotatable bonds is 9. The van der Waals surface area contributed by atoms with Crippen molar-refractivity contribution in [3.63, 3.8) is 0 Å². The zero-order chi connectivity index (χ0) is 14.1. The summed E-state index contributed by atoms with van der Waals surface area (Å²) < 4.78 is 10.3. The fraction of sp³-hybridized carbons (Fsp3) is 0.600. The van der Waals surface area contributed by atoms with Gasteiger partial charge in [-0.2, -0.15) is 0 Å². The molecule has 0 saturated heterocycles. The number of nitrogens with two attached hydrogens (primary N) is 1. The number of para-hydroxylation sites is 1. The van der Waals surface area contributed by atoms with E-state index in [9.17, 15) is 0 Å². The second kappa shape index (κ2) is 8.91. The molecular formula is C15H26N2O2. The lowest BCUT2D eigenvalue weighted by molar-refractivity contribution is 0.191. The van der Waals surface area contributed by atoms with Gasteiger partial charge in [0.15, 0.2) is 0 Å². The Kier molecular flexibility index (Phi) is 7.48. The van der Waals surface area contributed by atoms with Gasteiger partial charge in [0.1, 0.15) is 0 Å². The van der Waals surface area contributed by atoms with E-state index in [-0.39, 0.29) is 6.04 Å². The van der Waals surface area contributed by atoms with Gasteiger partial charge in [-0.25, -0.2) is 0 Å². The van der Waals surface area contributed by atoms with Crippen molar-refractivity contribution in [3.05, 3.63) is 29.8 Å². The Morgan fingerprint density at radius 3 is 2.42 bits per heavy atom. The molecule has 0 aliphatic rings. The van der Waals surface area contributed by atoms with Crippen LogP contribution < -0.4 is 10.6 Å². The van der Waals surface area contributed by atoms with Gasteiger partial charge in [-0.3, -0.25) is 0 Å². The summed E-state index contributed by atoms with van der Waals surface area (Å²) in [5.74, 6) is 0. The van der Waals surface area contributed by atoms with E-state index in [0.29, 0.717) is 6.61 Å². The number of hydrogen-bond donors (Lipinski definition) is 1. The largest absolute Gasteiger partial charge is 0.385 e. The van der Waals surface area contributed by atoms with Crippen LogP contribution in [0.25, 0.3) is 0 Å². The van der Waals surface area contributed by atoms with Gasteiger partial charge in [0.05, 0.1) is 6.61 Å². The summed E-state index contributed by atoms with van der Waals surface area (Å²) in [4.78, 5) is 2.32. The lowest BCUT2D eigenvalue weighted by atomic mass is 10.1. The SMILES string of the molecule is COCCCN(CCOC)c1ccccc1[C@@H](C)N. The molecule has 0 spiro atoms. The van der Waals surface area contributed by atoms with Gasteiger partial charge in [0, 0.05) is 45.6 Å². The summed E-state index contributed by atoms with van der Waals surface area (Å²) in [6.07, 6.45) is 0.994. The minimum atomic E-state index is 0.0312. The maximum Gasteiger partial charge on any atom is 0.0637 e. The Hall–Kier alpha value is -1.10. The minimum absolute atomic E-state index is 0.0312. The highest BCUT2D eigenvalue weighted by Gasteiger charge is 2.12. The molecule has 0 fully saturated rings. The van der Waals surface area contributed by atoms with Crippen LogP contribution in [0.3, 0.4) is 0 Å². The van der Waals surface area contributed by atoms with Crippen molar-refractivity contribution < 1.29 is 9.47 Å². The predicted octanol–water partition coefficient (Wildman–Crippen LogP) is 2.20. The van der Waals surface area contributed by atoms with E-state index >= 15 is 0 Å². The molecule has 108 valence electrons. The van der Waals surface area contributed by atoms with Crippen LogP contribution in [0.1, 0.15) is 24.9 Å². The summed E-state index contributed by atoms with van der Waals surface area (Å²) >= 11 is 0. The van der Waals surface area contributed by atoms with Gasteiger partial charge in [0.2, 0.25) is 0 Å². The smallest absolute Gasteiger partial charge is 0.0637 e. The highest BCUT2D eigenvalue weighted by atomic mass is 16.5. The number of methoxy groups -OCH3 is 2. The van der Waals surface area contributed by atoms with Crippen LogP contribution >= 0.6 is 0 Å². The lowest BCUT2D eigenvalue weighted by Gasteiger charge is -2.28. The van der Waals surface area contributed by atoms with Crippen LogP contribution in [0, 0.1) is 0 Å². The first-order valence-corrected chi connectivity index (χ1v) is 6.78. The van der Waals surface area contributed by atoms with E-state index in [2.05, 4.69) is 23.1 Å². The zero-order valence-corrected chi connectivity index (χ0v) is 12.3. The summed E-state index contributed by atoms with van der Waals surface area (Å²) in [5, 5.41) is 0. The van der Waals surface area contributed by atoms with Crippen molar-refractivity contribution >= 4 is 5.69 Å². The van der Waals surface area contributed by atoms with E-state index in [1.54, 1.807) is 14.2 Å². The molecule has 0 radical (unpaired) electrons. The maximum absolute atomic E-state index is 6.05. The first-order chi connectivity index (χ1) is 9.20. The van der Waals surface area contributed by atoms with Crippen molar-refractivity contribution in [2.75, 3.05) is 45.4 Å². The Morgan fingerprint density at radius 2 is 1.79 bits per heavy atom. The standard InChI is InChI=1S/C15H26N2O2/c1-13(16)14-7-4-5-8-15(14)17(10-12-19-3)9-6-11-18-2/h4-5,7-8,13H,6,9-12,16H2,1-3H3/t13-/m1/s1. The van der Waals surface area contributed by atoms with Crippen LogP contribution in [-0.4, -0.2) is 40.5 Å². The molecule has 0 unspecified atom stereocenters. The van der Waals surface area contributed by atoms with Crippen molar-refractivity contribution in [1.82, 2.24) is 0 Å². The van der Waals surface area contributed by atoms with Crippen molar-refractivity contribution in [2.45, 2.75) is 19.4 Å². The molecule has 4 nitrogen and oxygen atoms in total. The molecule has 1 aromatic carbocycles. The molecule has 4 heteroatoms. The maximum atomic E-state index is 6.05. The highest BCUT2D eigenvalue weighted by molar-refractivity contribution is 5.54. The molecule has 0 bridgehead atoms. The third kappa shape index (κ3) is 5.19. The number of hydrogen-bond acceptors (Lipinski definition) is 4. The first kappa shape index (κ1) is 16.0. The molecule has 2 N–H and O–H groups in total. The van der Waals surface area contributed by atoms with Crippen LogP contribution in [0.5, 0.6) is 0 Å². The van der Waals surface area contributed by atoms with E-state index in [1.807, 2.05) is 13.0 Å². The lowest BCUT2D eigenvalue weighted by Crippen LogP contribution is -2.30. The predicted molar refractivity (Wildman–Crippen MR) is 79.6 cm³/mol. The van der Waals surface area contributed by atoms with Crippen molar-refractivity contribution in [1.29, 1.82) is 0 Å². The third-order valence-electron chi connectivity index (χ3n) is 3.11. The van der Waals surface area contributed by atoms with E-state index in [4.69, 9.17) is 15.2 Å². The quantitative estimate of drug-likeness (QED) is 0.696. The van der Waals surface area contributed by atoms with Crippen molar-refractivity contribution in [2.24, 2.45) is 5.73 Å². The zero-order valence-electron chi connectivity index (χ0n) is 12.3. The topological polar surface area (TPSA) is 47.7 Å². The second-order valence-corrected chi connectivity index (χ2v) is 4.67. The van der Waals surface area contributed by atoms with Gasteiger partial charge in [0.25, 0.3) is 0 Å². The molecule has 0 amide bonds. The van der Waals surface area contributed by atoms with Gasteiger partial charge in [-0.05, 0) is 25.0 Å². The van der Waals surface area contributed by atoms with Gasteiger partial charge in [-0.15, -0.1) is 0 Å². The molecule has 0 aliphatic carbocycles. The van der Waals surface area contributed by atoms with Gasteiger partial charge >= 0.3 is 0 Å². The van der Waals surface area contributed by atoms with Crippen LogP contribution in [0.4, 0.5) is 5.69 Å². The van der Waals surface area contributed by atoms with Crippen LogP contribution in [0.2, 0.25) is 0 Å². The Morgan fingerprint density at radius 1 is 1.11 bits per heavy atom. The summed E-state index contributed by atoms with van der Waals surface area (Å²) in [6.45, 7) is 5.30. The van der Waals surface area contributed by atoms with E-state index in [1.165, 1.54) is 11.3 Å². The Balaban J connectivity index is 2.82. The van der Waals surface area contributed by atoms with E-state index in [0.717, 1.165) is 26.1 Å². The monoisotopic (exact) mass is 266 g/mol. The first-order valence-electron chi connectivity index (χ1n) is 6.78. The fourth-order valence-corrected chi connectivity index (χ4v) is 2.11. The number of benzene rings is 1. The molecule has 1 atom stereocenters. The van der Waals surface area contributed by atoms with Crippen LogP contribution in [0.15, 0.2) is 24.3 Å². The van der Waals surface area contributed by atoms with Crippen LogP contribution in [-0.2, 0) is 9.47 Å². The number of nitrogens with zero attached hydrogens (tertiary/aromatic N) is 1. The summed E-state index contributed by atoms with van der Waals surface area (Å²) in [7, 11) is 3.46. The van der Waals surface area contributed by atoms with E-state index < -0.39 is 0 Å². The molecule has 0 heterocycles. The summed E-state index contributed by atoms with van der Waals surface area (Å²) in [6, 6.07) is 8.34. The molecule has 0 aromatic heterocycles. The molecule has 19 heavy (non-hydrogen) atoms. The molecular weight excluding hydrogens is 240 g/mol. The molecule has 1 rings (SSSR count). The van der Waals surface area contributed by atoms with Crippen molar-refractivity contribution in [3.8, 4) is 0 Å². The second-order valence-electron chi connectivity index (χ2n) is 4.67. The average molecular weight is 266 g/mol. The van der Waals surface area contributed by atoms with Gasteiger partial charge < -0.3 is 20.1 Å². The molecule has 1 aromatic rings. The summed E-state index contributed by atoms with van der Waals surface area (Å²) in [5.41, 5.74) is 8.43.